The van der Waals surface area contributed by atoms with Crippen molar-refractivity contribution in [2.75, 3.05) is 46.3 Å². The van der Waals surface area contributed by atoms with E-state index in [2.05, 4.69) is 15.5 Å². The van der Waals surface area contributed by atoms with E-state index in [4.69, 9.17) is 0 Å². The van der Waals surface area contributed by atoms with Crippen LogP contribution in [0.2, 0.25) is 0 Å². The second-order valence-electron chi connectivity index (χ2n) is 4.65. The van der Waals surface area contributed by atoms with Crippen molar-refractivity contribution in [2.45, 2.75) is 18.9 Å². The van der Waals surface area contributed by atoms with E-state index in [9.17, 15) is 4.79 Å². The van der Waals surface area contributed by atoms with E-state index in [0.29, 0.717) is 6.04 Å². The number of hydrogen-bond acceptors (Lipinski definition) is 3. The third kappa shape index (κ3) is 2.86. The summed E-state index contributed by atoms with van der Waals surface area (Å²) in [4.78, 5) is 15.7. The molecule has 0 aromatic heterocycles. The van der Waals surface area contributed by atoms with E-state index in [-0.39, 0.29) is 6.03 Å². The van der Waals surface area contributed by atoms with Crippen LogP contribution in [0.5, 0.6) is 0 Å². The van der Waals surface area contributed by atoms with E-state index in [1.165, 1.54) is 19.4 Å². The maximum Gasteiger partial charge on any atom is 0.317 e. The van der Waals surface area contributed by atoms with Gasteiger partial charge in [0.25, 0.3) is 0 Å². The van der Waals surface area contributed by atoms with E-state index < -0.39 is 0 Å². The first-order valence-electron chi connectivity index (χ1n) is 6.22. The molecule has 2 N–H and O–H groups in total. The first-order chi connectivity index (χ1) is 7.79. The molecule has 0 aliphatic carbocycles. The van der Waals surface area contributed by atoms with Crippen molar-refractivity contribution in [3.05, 3.63) is 0 Å². The van der Waals surface area contributed by atoms with Gasteiger partial charge in [0.05, 0.1) is 0 Å². The van der Waals surface area contributed by atoms with Crippen LogP contribution in [0.1, 0.15) is 12.8 Å². The van der Waals surface area contributed by atoms with Crippen molar-refractivity contribution in [3.8, 4) is 0 Å². The fraction of sp³-hybridized carbons (Fsp3) is 0.909. The van der Waals surface area contributed by atoms with Crippen molar-refractivity contribution in [1.29, 1.82) is 0 Å². The number of likely N-dealkylation sites (tertiary alicyclic amines) is 1. The van der Waals surface area contributed by atoms with E-state index in [1.54, 1.807) is 0 Å². The lowest BCUT2D eigenvalue weighted by atomic mass is 10.1. The van der Waals surface area contributed by atoms with Crippen LogP contribution in [0, 0.1) is 0 Å². The van der Waals surface area contributed by atoms with Crippen LogP contribution in [-0.4, -0.2) is 68.2 Å². The van der Waals surface area contributed by atoms with Crippen LogP contribution >= 0.6 is 0 Å². The normalized spacial score (nSPS) is 27.2. The van der Waals surface area contributed by atoms with Crippen molar-refractivity contribution in [3.63, 3.8) is 0 Å². The molecule has 0 aromatic rings. The molecule has 2 aliphatic heterocycles. The molecular weight excluding hydrogens is 204 g/mol. The number of nitrogens with zero attached hydrogens (tertiary/aromatic N) is 2. The van der Waals surface area contributed by atoms with Crippen LogP contribution in [0.25, 0.3) is 0 Å². The third-order valence-corrected chi connectivity index (χ3v) is 3.55. The van der Waals surface area contributed by atoms with Crippen molar-refractivity contribution in [1.82, 2.24) is 20.4 Å². The minimum Gasteiger partial charge on any atom is -0.336 e. The summed E-state index contributed by atoms with van der Waals surface area (Å²) in [6.07, 6.45) is 2.54. The van der Waals surface area contributed by atoms with Gasteiger partial charge < -0.3 is 20.4 Å². The first kappa shape index (κ1) is 11.7. The lowest BCUT2D eigenvalue weighted by Crippen LogP contribution is -2.47. The molecule has 0 saturated carbocycles. The second kappa shape index (κ2) is 5.50. The Bertz CT molecular complexity index is 246. The molecular formula is C11H22N4O. The summed E-state index contributed by atoms with van der Waals surface area (Å²) < 4.78 is 0. The van der Waals surface area contributed by atoms with Gasteiger partial charge in [0.2, 0.25) is 0 Å². The number of carbonyl (C=O) groups excluding carboxylic acids is 1. The monoisotopic (exact) mass is 226 g/mol. The molecule has 2 saturated heterocycles. The molecule has 0 radical (unpaired) electrons. The number of urea groups is 1. The molecule has 16 heavy (non-hydrogen) atoms. The van der Waals surface area contributed by atoms with Gasteiger partial charge >= 0.3 is 6.03 Å². The van der Waals surface area contributed by atoms with E-state index in [1.807, 2.05) is 11.9 Å². The molecule has 2 aliphatic rings. The zero-order valence-electron chi connectivity index (χ0n) is 10.0. The maximum absolute atomic E-state index is 11.4. The summed E-state index contributed by atoms with van der Waals surface area (Å²) in [5.41, 5.74) is 0. The highest BCUT2D eigenvalue weighted by atomic mass is 16.2. The molecule has 2 fully saturated rings. The Morgan fingerprint density at radius 3 is 3.00 bits per heavy atom. The molecule has 5 heteroatoms. The molecule has 2 amide bonds. The van der Waals surface area contributed by atoms with Gasteiger partial charge in [-0.05, 0) is 26.4 Å². The first-order valence-corrected chi connectivity index (χ1v) is 6.22. The standard InChI is InChI=1S/C11H22N4O/c1-12-10-3-2-5-14(9-10)7-8-15-6-4-13-11(15)16/h10,12H,2-9H2,1H3,(H,13,16). The quantitative estimate of drug-likeness (QED) is 0.691. The molecule has 5 nitrogen and oxygen atoms in total. The minimum absolute atomic E-state index is 0.0992. The summed E-state index contributed by atoms with van der Waals surface area (Å²) >= 11 is 0. The molecule has 0 aromatic carbocycles. The Hall–Kier alpha value is -0.810. The average Bonchev–Trinajstić information content (AvgIpc) is 2.72. The van der Waals surface area contributed by atoms with Crippen LogP contribution in [0.4, 0.5) is 4.79 Å². The van der Waals surface area contributed by atoms with Gasteiger partial charge in [-0.3, -0.25) is 0 Å². The number of hydrogen-bond donors (Lipinski definition) is 2. The Morgan fingerprint density at radius 1 is 1.44 bits per heavy atom. The topological polar surface area (TPSA) is 47.6 Å². The van der Waals surface area contributed by atoms with Crippen LogP contribution in [-0.2, 0) is 0 Å². The summed E-state index contributed by atoms with van der Waals surface area (Å²) in [6.45, 7) is 5.83. The van der Waals surface area contributed by atoms with E-state index in [0.717, 1.165) is 32.7 Å². The number of rotatable bonds is 4. The second-order valence-corrected chi connectivity index (χ2v) is 4.65. The van der Waals surface area contributed by atoms with Crippen molar-refractivity contribution in [2.24, 2.45) is 0 Å². The molecule has 1 unspecified atom stereocenters. The number of piperidine rings is 1. The maximum atomic E-state index is 11.4. The highest BCUT2D eigenvalue weighted by Gasteiger charge is 2.22. The lowest BCUT2D eigenvalue weighted by molar-refractivity contribution is 0.171. The molecule has 92 valence electrons. The highest BCUT2D eigenvalue weighted by Crippen LogP contribution is 2.09. The number of likely N-dealkylation sites (N-methyl/N-ethyl adjacent to an activating group) is 1. The number of carbonyl (C=O) groups is 1. The zero-order valence-corrected chi connectivity index (χ0v) is 10.0. The van der Waals surface area contributed by atoms with E-state index >= 15 is 0 Å². The Balaban J connectivity index is 1.70. The molecule has 0 bridgehead atoms. The molecule has 1 atom stereocenters. The summed E-state index contributed by atoms with van der Waals surface area (Å²) in [6, 6.07) is 0.725. The van der Waals surface area contributed by atoms with Crippen LogP contribution in [0.15, 0.2) is 0 Å². The third-order valence-electron chi connectivity index (χ3n) is 3.55. The Kier molecular flexibility index (Phi) is 4.01. The summed E-state index contributed by atoms with van der Waals surface area (Å²) in [5, 5.41) is 6.17. The van der Waals surface area contributed by atoms with Gasteiger partial charge in [-0.15, -0.1) is 0 Å². The smallest absolute Gasteiger partial charge is 0.317 e. The van der Waals surface area contributed by atoms with Crippen LogP contribution in [0.3, 0.4) is 0 Å². The van der Waals surface area contributed by atoms with Gasteiger partial charge in [0, 0.05) is 38.8 Å². The minimum atomic E-state index is 0.0992. The van der Waals surface area contributed by atoms with Gasteiger partial charge in [-0.2, -0.15) is 0 Å². The van der Waals surface area contributed by atoms with Gasteiger partial charge in [-0.1, -0.05) is 0 Å². The molecule has 2 heterocycles. The van der Waals surface area contributed by atoms with Gasteiger partial charge in [0.1, 0.15) is 0 Å². The van der Waals surface area contributed by atoms with Gasteiger partial charge in [0.15, 0.2) is 0 Å². The molecule has 2 rings (SSSR count). The molecule has 0 spiro atoms. The Labute approximate surface area is 97.2 Å². The van der Waals surface area contributed by atoms with Gasteiger partial charge in [-0.25, -0.2) is 4.79 Å². The number of amides is 2. The SMILES string of the molecule is CNC1CCCN(CCN2CCNC2=O)C1. The van der Waals surface area contributed by atoms with Crippen LogP contribution < -0.4 is 10.6 Å². The Morgan fingerprint density at radius 2 is 2.31 bits per heavy atom. The lowest BCUT2D eigenvalue weighted by Gasteiger charge is -2.33. The zero-order chi connectivity index (χ0) is 11.4. The average molecular weight is 226 g/mol. The predicted octanol–water partition coefficient (Wildman–Crippen LogP) is -0.305. The highest BCUT2D eigenvalue weighted by molar-refractivity contribution is 5.76. The summed E-state index contributed by atoms with van der Waals surface area (Å²) in [5.74, 6) is 0. The fourth-order valence-electron chi connectivity index (χ4n) is 2.48. The van der Waals surface area contributed by atoms with Crippen molar-refractivity contribution >= 4 is 6.03 Å². The predicted molar refractivity (Wildman–Crippen MR) is 63.5 cm³/mol. The fourth-order valence-corrected chi connectivity index (χ4v) is 2.48. The summed E-state index contributed by atoms with van der Waals surface area (Å²) in [7, 11) is 2.03. The van der Waals surface area contributed by atoms with Crippen molar-refractivity contribution < 1.29 is 4.79 Å². The largest absolute Gasteiger partial charge is 0.336 e. The number of nitrogens with one attached hydrogen (secondary N) is 2.